The predicted molar refractivity (Wildman–Crippen MR) is 191 cm³/mol. The number of aromatic nitrogens is 1. The van der Waals surface area contributed by atoms with Crippen LogP contribution in [0.5, 0.6) is 0 Å². The second-order valence-electron chi connectivity index (χ2n) is 12.8. The lowest BCUT2D eigenvalue weighted by Crippen LogP contribution is -2.14. The van der Waals surface area contributed by atoms with Crippen LogP contribution >= 0.6 is 0 Å². The SMILES string of the molecule is CC1(C)c2ccc(-c3ccc(-c4cc(-c5ccccc5)nc(-c5ccccc5)c4)cc3)cc2-c2cc3c(cc21)oc1ccccc13. The second kappa shape index (κ2) is 10.2. The zero-order chi connectivity index (χ0) is 30.8. The Bertz CT molecular complexity index is 2360. The van der Waals surface area contributed by atoms with Crippen molar-refractivity contribution in [1.29, 1.82) is 0 Å². The van der Waals surface area contributed by atoms with Gasteiger partial charge in [-0.1, -0.05) is 129 Å². The average Bonchev–Trinajstić information content (AvgIpc) is 3.59. The first-order valence-electron chi connectivity index (χ1n) is 15.9. The van der Waals surface area contributed by atoms with Gasteiger partial charge in [0.05, 0.1) is 11.4 Å². The number of pyridine rings is 1. The van der Waals surface area contributed by atoms with Gasteiger partial charge in [-0.15, -0.1) is 0 Å². The van der Waals surface area contributed by atoms with Crippen molar-refractivity contribution in [2.45, 2.75) is 19.3 Å². The molecule has 1 aliphatic rings. The molecule has 218 valence electrons. The fourth-order valence-electron chi connectivity index (χ4n) is 7.21. The average molecular weight is 590 g/mol. The van der Waals surface area contributed by atoms with E-state index in [2.05, 4.69) is 147 Å². The third-order valence-corrected chi connectivity index (χ3v) is 9.69. The fraction of sp³-hybridized carbons (Fsp3) is 0.0682. The molecule has 0 bridgehead atoms. The van der Waals surface area contributed by atoms with Gasteiger partial charge in [0.2, 0.25) is 0 Å². The Kier molecular flexibility index (Phi) is 5.88. The van der Waals surface area contributed by atoms with Crippen LogP contribution in [0.1, 0.15) is 25.0 Å². The van der Waals surface area contributed by atoms with Crippen LogP contribution in [-0.2, 0) is 5.41 Å². The zero-order valence-electron chi connectivity index (χ0n) is 25.8. The molecule has 6 aromatic carbocycles. The van der Waals surface area contributed by atoms with E-state index in [1.54, 1.807) is 0 Å². The first-order valence-corrected chi connectivity index (χ1v) is 15.9. The summed E-state index contributed by atoms with van der Waals surface area (Å²) < 4.78 is 6.27. The van der Waals surface area contributed by atoms with E-state index < -0.39 is 0 Å². The van der Waals surface area contributed by atoms with Crippen LogP contribution in [0.3, 0.4) is 0 Å². The summed E-state index contributed by atoms with van der Waals surface area (Å²) in [6.45, 7) is 4.64. The third kappa shape index (κ3) is 4.22. The first-order chi connectivity index (χ1) is 22.5. The van der Waals surface area contributed by atoms with Gasteiger partial charge in [0.15, 0.2) is 0 Å². The van der Waals surface area contributed by atoms with Crippen LogP contribution in [0.25, 0.3) is 77.8 Å². The standard InChI is InChI=1S/C44H31NO/c1-44(2)38-22-21-32(23-35(38)36-26-37-34-15-9-10-16-42(34)46-43(37)27-39(36)44)28-17-19-29(20-18-28)33-24-40(30-11-5-3-6-12-30)45-41(25-33)31-13-7-4-8-14-31/h3-27H,1-2H3. The molecule has 0 unspecified atom stereocenters. The molecular weight excluding hydrogens is 558 g/mol. The van der Waals surface area contributed by atoms with E-state index in [4.69, 9.17) is 9.40 Å². The lowest BCUT2D eigenvalue weighted by molar-refractivity contribution is 0.647. The molecule has 0 N–H and O–H groups in total. The summed E-state index contributed by atoms with van der Waals surface area (Å²) in [4.78, 5) is 5.05. The molecule has 0 radical (unpaired) electrons. The van der Waals surface area contributed by atoms with Gasteiger partial charge >= 0.3 is 0 Å². The fourth-order valence-corrected chi connectivity index (χ4v) is 7.21. The maximum Gasteiger partial charge on any atom is 0.135 e. The van der Waals surface area contributed by atoms with Crippen molar-refractivity contribution in [2.75, 3.05) is 0 Å². The summed E-state index contributed by atoms with van der Waals surface area (Å²) in [5, 5.41) is 2.34. The summed E-state index contributed by atoms with van der Waals surface area (Å²) in [6, 6.07) is 54.1. The molecule has 0 saturated heterocycles. The highest BCUT2D eigenvalue weighted by molar-refractivity contribution is 6.07. The van der Waals surface area contributed by atoms with E-state index in [1.165, 1.54) is 49.7 Å². The molecule has 0 fully saturated rings. The smallest absolute Gasteiger partial charge is 0.135 e. The maximum absolute atomic E-state index is 6.27. The van der Waals surface area contributed by atoms with Crippen LogP contribution in [0.2, 0.25) is 0 Å². The van der Waals surface area contributed by atoms with Gasteiger partial charge in [-0.3, -0.25) is 0 Å². The minimum atomic E-state index is -0.103. The number of hydrogen-bond donors (Lipinski definition) is 0. The van der Waals surface area contributed by atoms with Gasteiger partial charge in [0.25, 0.3) is 0 Å². The lowest BCUT2D eigenvalue weighted by atomic mass is 9.82. The number of rotatable bonds is 4. The molecule has 8 aromatic rings. The van der Waals surface area contributed by atoms with Crippen LogP contribution in [0.4, 0.5) is 0 Å². The highest BCUT2D eigenvalue weighted by Crippen LogP contribution is 2.51. The Morgan fingerprint density at radius 3 is 1.65 bits per heavy atom. The highest BCUT2D eigenvalue weighted by Gasteiger charge is 2.36. The minimum absolute atomic E-state index is 0.103. The molecule has 1 aliphatic carbocycles. The molecule has 46 heavy (non-hydrogen) atoms. The normalized spacial score (nSPS) is 13.2. The van der Waals surface area contributed by atoms with E-state index in [0.29, 0.717) is 0 Å². The van der Waals surface area contributed by atoms with Crippen LogP contribution in [0, 0.1) is 0 Å². The van der Waals surface area contributed by atoms with E-state index in [9.17, 15) is 0 Å². The summed E-state index contributed by atoms with van der Waals surface area (Å²) in [5.74, 6) is 0. The monoisotopic (exact) mass is 589 g/mol. The molecule has 0 atom stereocenters. The topological polar surface area (TPSA) is 26.0 Å². The molecule has 2 nitrogen and oxygen atoms in total. The molecule has 2 heterocycles. The Morgan fingerprint density at radius 2 is 0.978 bits per heavy atom. The minimum Gasteiger partial charge on any atom is -0.456 e. The number of hydrogen-bond acceptors (Lipinski definition) is 2. The van der Waals surface area contributed by atoms with Crippen LogP contribution < -0.4 is 0 Å². The van der Waals surface area contributed by atoms with Gasteiger partial charge in [-0.25, -0.2) is 4.98 Å². The van der Waals surface area contributed by atoms with Crippen molar-refractivity contribution in [3.8, 4) is 55.9 Å². The van der Waals surface area contributed by atoms with Crippen molar-refractivity contribution in [3.05, 3.63) is 163 Å². The Balaban J connectivity index is 1.12. The van der Waals surface area contributed by atoms with Crippen molar-refractivity contribution in [2.24, 2.45) is 0 Å². The molecular formula is C44H31NO. The largest absolute Gasteiger partial charge is 0.456 e. The Labute approximate surface area is 268 Å². The second-order valence-corrected chi connectivity index (χ2v) is 12.8. The van der Waals surface area contributed by atoms with Crippen molar-refractivity contribution in [3.63, 3.8) is 0 Å². The Hall–Kier alpha value is -5.73. The van der Waals surface area contributed by atoms with Gasteiger partial charge in [-0.05, 0) is 80.9 Å². The van der Waals surface area contributed by atoms with Crippen molar-refractivity contribution in [1.82, 2.24) is 4.98 Å². The van der Waals surface area contributed by atoms with Gasteiger partial charge in [-0.2, -0.15) is 0 Å². The molecule has 9 rings (SSSR count). The molecule has 0 aliphatic heterocycles. The van der Waals surface area contributed by atoms with Crippen LogP contribution in [-0.4, -0.2) is 4.98 Å². The third-order valence-electron chi connectivity index (χ3n) is 9.69. The van der Waals surface area contributed by atoms with Gasteiger partial charge in [0, 0.05) is 27.3 Å². The molecule has 0 saturated carbocycles. The summed E-state index contributed by atoms with van der Waals surface area (Å²) in [5.41, 5.74) is 16.0. The molecule has 2 heteroatoms. The maximum atomic E-state index is 6.27. The highest BCUT2D eigenvalue weighted by atomic mass is 16.3. The van der Waals surface area contributed by atoms with E-state index >= 15 is 0 Å². The number of benzene rings is 6. The van der Waals surface area contributed by atoms with Crippen molar-refractivity contribution < 1.29 is 4.42 Å². The molecule has 2 aromatic heterocycles. The van der Waals surface area contributed by atoms with Gasteiger partial charge < -0.3 is 4.42 Å². The first kappa shape index (κ1) is 26.7. The number of furan rings is 1. The summed E-state index contributed by atoms with van der Waals surface area (Å²) in [7, 11) is 0. The Morgan fingerprint density at radius 1 is 0.413 bits per heavy atom. The lowest BCUT2D eigenvalue weighted by Gasteiger charge is -2.21. The van der Waals surface area contributed by atoms with Crippen molar-refractivity contribution >= 4 is 21.9 Å². The van der Waals surface area contributed by atoms with E-state index in [-0.39, 0.29) is 5.41 Å². The van der Waals surface area contributed by atoms with E-state index in [0.717, 1.165) is 39.2 Å². The van der Waals surface area contributed by atoms with E-state index in [1.807, 2.05) is 18.2 Å². The van der Waals surface area contributed by atoms with Gasteiger partial charge in [0.1, 0.15) is 11.2 Å². The zero-order valence-corrected chi connectivity index (χ0v) is 25.8. The molecule has 0 amide bonds. The number of para-hydroxylation sites is 1. The summed E-state index contributed by atoms with van der Waals surface area (Å²) in [6.07, 6.45) is 0. The summed E-state index contributed by atoms with van der Waals surface area (Å²) >= 11 is 0. The quantitative estimate of drug-likeness (QED) is 0.204. The predicted octanol–water partition coefficient (Wildman–Crippen LogP) is 12.0. The number of fused-ring (bicyclic) bond motifs is 6. The number of nitrogens with zero attached hydrogens (tertiary/aromatic N) is 1. The molecule has 0 spiro atoms. The van der Waals surface area contributed by atoms with Crippen LogP contribution in [0.15, 0.2) is 156 Å².